The number of nitrogens with zero attached hydrogens (tertiary/aromatic N) is 2. The predicted octanol–water partition coefficient (Wildman–Crippen LogP) is 2.64. The van der Waals surface area contributed by atoms with Gasteiger partial charge in [-0.1, -0.05) is 6.92 Å². The fourth-order valence-corrected chi connectivity index (χ4v) is 2.28. The number of alkyl halides is 3. The Morgan fingerprint density at radius 1 is 1.47 bits per heavy atom. The van der Waals surface area contributed by atoms with Gasteiger partial charge in [-0.05, 0) is 13.5 Å². The van der Waals surface area contributed by atoms with E-state index in [9.17, 15) is 13.2 Å². The first-order valence-electron chi connectivity index (χ1n) is 5.37. The van der Waals surface area contributed by atoms with Gasteiger partial charge in [0.2, 0.25) is 0 Å². The summed E-state index contributed by atoms with van der Waals surface area (Å²) in [7, 11) is 1.78. The van der Waals surface area contributed by atoms with Gasteiger partial charge in [-0.3, -0.25) is 0 Å². The monoisotopic (exact) mass is 267 g/mol. The topological polar surface area (TPSA) is 28.2 Å². The van der Waals surface area contributed by atoms with Gasteiger partial charge < -0.3 is 10.2 Å². The molecule has 0 spiro atoms. The lowest BCUT2D eigenvalue weighted by atomic mass is 10.4. The van der Waals surface area contributed by atoms with Gasteiger partial charge >= 0.3 is 6.18 Å². The molecule has 7 heteroatoms. The van der Waals surface area contributed by atoms with Crippen molar-refractivity contribution in [1.82, 2.24) is 10.3 Å². The molecule has 0 amide bonds. The van der Waals surface area contributed by atoms with E-state index in [0.717, 1.165) is 5.69 Å². The quantitative estimate of drug-likeness (QED) is 0.859. The molecule has 0 aliphatic rings. The predicted molar refractivity (Wildman–Crippen MR) is 63.4 cm³/mol. The van der Waals surface area contributed by atoms with E-state index in [0.29, 0.717) is 24.6 Å². The molecule has 1 N–H and O–H groups in total. The number of aromatic nitrogens is 1. The minimum Gasteiger partial charge on any atom is -0.339 e. The van der Waals surface area contributed by atoms with E-state index in [-0.39, 0.29) is 0 Å². The molecule has 0 aromatic carbocycles. The van der Waals surface area contributed by atoms with Crippen LogP contribution in [0.4, 0.5) is 18.3 Å². The van der Waals surface area contributed by atoms with E-state index in [1.807, 2.05) is 6.92 Å². The van der Waals surface area contributed by atoms with E-state index in [1.165, 1.54) is 16.2 Å². The first-order chi connectivity index (χ1) is 7.96. The zero-order valence-corrected chi connectivity index (χ0v) is 10.7. The minimum atomic E-state index is -4.19. The number of hydrogen-bond donors (Lipinski definition) is 1. The van der Waals surface area contributed by atoms with Crippen LogP contribution in [0.25, 0.3) is 0 Å². The summed E-state index contributed by atoms with van der Waals surface area (Å²) in [5.74, 6) is 0. The van der Waals surface area contributed by atoms with Crippen LogP contribution in [-0.2, 0) is 6.54 Å². The second-order valence-corrected chi connectivity index (χ2v) is 4.53. The Labute approximate surface area is 103 Å². The van der Waals surface area contributed by atoms with Crippen LogP contribution < -0.4 is 10.2 Å². The highest BCUT2D eigenvalue weighted by atomic mass is 32.1. The van der Waals surface area contributed by atoms with Gasteiger partial charge in [-0.25, -0.2) is 4.98 Å². The average Bonchev–Trinajstić information content (AvgIpc) is 2.64. The van der Waals surface area contributed by atoms with E-state index < -0.39 is 12.7 Å². The van der Waals surface area contributed by atoms with Crippen LogP contribution in [0.2, 0.25) is 0 Å². The second kappa shape index (κ2) is 6.20. The van der Waals surface area contributed by atoms with Crippen LogP contribution in [-0.4, -0.2) is 31.3 Å². The molecule has 0 saturated carbocycles. The number of thiazole rings is 1. The van der Waals surface area contributed by atoms with Crippen molar-refractivity contribution in [2.24, 2.45) is 0 Å². The summed E-state index contributed by atoms with van der Waals surface area (Å²) in [4.78, 5) is 5.47. The molecule has 0 unspecified atom stereocenters. The van der Waals surface area contributed by atoms with Crippen molar-refractivity contribution in [2.75, 3.05) is 25.0 Å². The van der Waals surface area contributed by atoms with Gasteiger partial charge in [0.15, 0.2) is 5.13 Å². The smallest absolute Gasteiger partial charge is 0.339 e. The Bertz CT molecular complexity index is 338. The van der Waals surface area contributed by atoms with Crippen molar-refractivity contribution in [1.29, 1.82) is 0 Å². The van der Waals surface area contributed by atoms with Gasteiger partial charge in [-0.2, -0.15) is 13.2 Å². The van der Waals surface area contributed by atoms with Crippen LogP contribution in [0.5, 0.6) is 0 Å². The number of halogens is 3. The summed E-state index contributed by atoms with van der Waals surface area (Å²) in [5, 5.41) is 5.14. The SMILES string of the molecule is CCCN(CC(F)(F)F)c1nc(CNC)cs1. The summed E-state index contributed by atoms with van der Waals surface area (Å²) in [6, 6.07) is 0. The molecule has 3 nitrogen and oxygen atoms in total. The maximum Gasteiger partial charge on any atom is 0.406 e. The van der Waals surface area contributed by atoms with Gasteiger partial charge in [0.1, 0.15) is 6.54 Å². The molecule has 0 radical (unpaired) electrons. The summed E-state index contributed by atoms with van der Waals surface area (Å²) in [5.41, 5.74) is 0.774. The molecule has 17 heavy (non-hydrogen) atoms. The fraction of sp³-hybridized carbons (Fsp3) is 0.700. The molecular weight excluding hydrogens is 251 g/mol. The molecule has 1 rings (SSSR count). The molecule has 0 atom stereocenters. The first-order valence-corrected chi connectivity index (χ1v) is 6.25. The lowest BCUT2D eigenvalue weighted by molar-refractivity contribution is -0.119. The second-order valence-electron chi connectivity index (χ2n) is 3.69. The van der Waals surface area contributed by atoms with Crippen molar-refractivity contribution >= 4 is 16.5 Å². The number of rotatable bonds is 6. The Kier molecular flexibility index (Phi) is 5.20. The Morgan fingerprint density at radius 3 is 2.71 bits per heavy atom. The maximum atomic E-state index is 12.4. The standard InChI is InChI=1S/C10H16F3N3S/c1-3-4-16(7-10(11,12)13)9-15-8(5-14-2)6-17-9/h6,14H,3-5,7H2,1-2H3. The minimum absolute atomic E-state index is 0.367. The van der Waals surface area contributed by atoms with Crippen molar-refractivity contribution < 1.29 is 13.2 Å². The average molecular weight is 267 g/mol. The van der Waals surface area contributed by atoms with Gasteiger partial charge in [-0.15, -0.1) is 11.3 Å². The Balaban J connectivity index is 2.74. The summed E-state index contributed by atoms with van der Waals surface area (Å²) in [6.07, 6.45) is -3.53. The third kappa shape index (κ3) is 4.91. The molecule has 98 valence electrons. The van der Waals surface area contributed by atoms with Crippen LogP contribution >= 0.6 is 11.3 Å². The first kappa shape index (κ1) is 14.2. The fourth-order valence-electron chi connectivity index (χ4n) is 1.43. The van der Waals surface area contributed by atoms with E-state index in [4.69, 9.17) is 0 Å². The van der Waals surface area contributed by atoms with Crippen LogP contribution in [0.3, 0.4) is 0 Å². The highest BCUT2D eigenvalue weighted by Gasteiger charge is 2.31. The van der Waals surface area contributed by atoms with E-state index in [2.05, 4.69) is 10.3 Å². The zero-order valence-electron chi connectivity index (χ0n) is 9.84. The van der Waals surface area contributed by atoms with Gasteiger partial charge in [0.05, 0.1) is 5.69 Å². The lowest BCUT2D eigenvalue weighted by Gasteiger charge is -2.22. The lowest BCUT2D eigenvalue weighted by Crippen LogP contribution is -2.34. The summed E-state index contributed by atoms with van der Waals surface area (Å²) < 4.78 is 37.2. The van der Waals surface area contributed by atoms with Crippen molar-refractivity contribution in [3.63, 3.8) is 0 Å². The molecule has 0 fully saturated rings. The number of anilines is 1. The van der Waals surface area contributed by atoms with E-state index in [1.54, 1.807) is 12.4 Å². The Hall–Kier alpha value is -0.820. The number of nitrogens with one attached hydrogen (secondary N) is 1. The molecule has 1 heterocycles. The highest BCUT2D eigenvalue weighted by Crippen LogP contribution is 2.25. The third-order valence-electron chi connectivity index (χ3n) is 2.03. The zero-order chi connectivity index (χ0) is 12.9. The molecule has 0 bridgehead atoms. The summed E-state index contributed by atoms with van der Waals surface area (Å²) in [6.45, 7) is 1.85. The van der Waals surface area contributed by atoms with E-state index >= 15 is 0 Å². The van der Waals surface area contributed by atoms with Crippen LogP contribution in [0.15, 0.2) is 5.38 Å². The van der Waals surface area contributed by atoms with Crippen LogP contribution in [0.1, 0.15) is 19.0 Å². The molecule has 0 saturated heterocycles. The van der Waals surface area contributed by atoms with Gasteiger partial charge in [0.25, 0.3) is 0 Å². The normalized spacial score (nSPS) is 11.8. The maximum absolute atomic E-state index is 12.4. The highest BCUT2D eigenvalue weighted by molar-refractivity contribution is 7.13. The molecular formula is C10H16F3N3S. The van der Waals surface area contributed by atoms with Crippen molar-refractivity contribution in [2.45, 2.75) is 26.1 Å². The largest absolute Gasteiger partial charge is 0.406 e. The molecule has 1 aromatic rings. The van der Waals surface area contributed by atoms with Gasteiger partial charge in [0, 0.05) is 18.5 Å². The Morgan fingerprint density at radius 2 is 2.18 bits per heavy atom. The summed E-state index contributed by atoms with van der Waals surface area (Å²) >= 11 is 1.25. The third-order valence-corrected chi connectivity index (χ3v) is 2.98. The molecule has 1 aromatic heterocycles. The molecule has 0 aliphatic heterocycles. The van der Waals surface area contributed by atoms with Crippen molar-refractivity contribution in [3.8, 4) is 0 Å². The number of hydrogen-bond acceptors (Lipinski definition) is 4. The van der Waals surface area contributed by atoms with Crippen molar-refractivity contribution in [3.05, 3.63) is 11.1 Å². The molecule has 0 aliphatic carbocycles. The van der Waals surface area contributed by atoms with Crippen LogP contribution in [0, 0.1) is 0 Å².